The van der Waals surface area contributed by atoms with Gasteiger partial charge < -0.3 is 0 Å². The van der Waals surface area contributed by atoms with Gasteiger partial charge in [0.2, 0.25) is 0 Å². The quantitative estimate of drug-likeness (QED) is 0.690. The predicted molar refractivity (Wildman–Crippen MR) is 84.5 cm³/mol. The van der Waals surface area contributed by atoms with Crippen LogP contribution in [-0.4, -0.2) is 0 Å². The molecule has 0 saturated heterocycles. The Bertz CT molecular complexity index is 614. The van der Waals surface area contributed by atoms with Crippen LogP contribution in [0.5, 0.6) is 0 Å². The molecule has 3 rings (SSSR count). The van der Waals surface area contributed by atoms with Gasteiger partial charge in [-0.3, -0.25) is 0 Å². The molecule has 1 heteroatoms. The highest BCUT2D eigenvalue weighted by molar-refractivity contribution is 7.12. The Morgan fingerprint density at radius 1 is 1.11 bits per heavy atom. The maximum Gasteiger partial charge on any atom is 0.0158 e. The van der Waals surface area contributed by atoms with Crippen LogP contribution >= 0.6 is 11.3 Å². The van der Waals surface area contributed by atoms with Crippen molar-refractivity contribution in [3.05, 3.63) is 56.3 Å². The van der Waals surface area contributed by atoms with Crippen LogP contribution in [0.15, 0.2) is 24.3 Å². The third kappa shape index (κ3) is 1.95. The van der Waals surface area contributed by atoms with Crippen LogP contribution in [0.2, 0.25) is 0 Å². The van der Waals surface area contributed by atoms with E-state index in [1.165, 1.54) is 17.5 Å². The Balaban J connectivity index is 1.99. The highest BCUT2D eigenvalue weighted by atomic mass is 32.1. The zero-order valence-electron chi connectivity index (χ0n) is 12.5. The third-order valence-corrected chi connectivity index (χ3v) is 6.40. The summed E-state index contributed by atoms with van der Waals surface area (Å²) in [6.07, 6.45) is 1.26. The highest BCUT2D eigenvalue weighted by Gasteiger charge is 2.39. The number of aryl methyl sites for hydroxylation is 1. The van der Waals surface area contributed by atoms with Crippen LogP contribution in [0.1, 0.15) is 58.7 Å². The van der Waals surface area contributed by atoms with E-state index in [1.54, 1.807) is 20.9 Å². The van der Waals surface area contributed by atoms with Gasteiger partial charge in [-0.1, -0.05) is 50.6 Å². The van der Waals surface area contributed by atoms with E-state index in [4.69, 9.17) is 0 Å². The molecule has 0 spiro atoms. The van der Waals surface area contributed by atoms with Crippen molar-refractivity contribution in [2.75, 3.05) is 0 Å². The summed E-state index contributed by atoms with van der Waals surface area (Å²) in [6, 6.07) is 9.00. The van der Waals surface area contributed by atoms with Crippen LogP contribution in [0.25, 0.3) is 0 Å². The minimum atomic E-state index is 0.413. The molecular weight excluding hydrogens is 248 g/mol. The molecule has 1 aliphatic rings. The van der Waals surface area contributed by atoms with Gasteiger partial charge in [0.25, 0.3) is 0 Å². The van der Waals surface area contributed by atoms with E-state index >= 15 is 0 Å². The number of benzene rings is 1. The molecule has 0 radical (unpaired) electrons. The zero-order valence-corrected chi connectivity index (χ0v) is 13.3. The minimum absolute atomic E-state index is 0.413. The van der Waals surface area contributed by atoms with Crippen molar-refractivity contribution in [3.8, 4) is 0 Å². The molecule has 0 aliphatic heterocycles. The summed E-state index contributed by atoms with van der Waals surface area (Å²) in [5.74, 6) is 0.520. The second-order valence-electron chi connectivity index (χ2n) is 6.59. The number of hydrogen-bond donors (Lipinski definition) is 0. The third-order valence-electron chi connectivity index (χ3n) is 4.51. The van der Waals surface area contributed by atoms with E-state index in [0.29, 0.717) is 11.3 Å². The molecule has 2 aromatic rings. The molecule has 0 amide bonds. The fraction of sp³-hybridized carbons (Fsp3) is 0.444. The second-order valence-corrected chi connectivity index (χ2v) is 7.64. The van der Waals surface area contributed by atoms with E-state index in [2.05, 4.69) is 58.9 Å². The SMILES string of the molecule is Cc1ccc(C(C)c2sc3c(c2C)CC3(C)C)cc1. The van der Waals surface area contributed by atoms with Crippen molar-refractivity contribution in [1.82, 2.24) is 0 Å². The van der Waals surface area contributed by atoms with Crippen molar-refractivity contribution in [1.29, 1.82) is 0 Å². The van der Waals surface area contributed by atoms with Crippen molar-refractivity contribution in [2.45, 2.75) is 52.4 Å². The minimum Gasteiger partial charge on any atom is -0.144 e. The average Bonchev–Trinajstić information content (AvgIpc) is 2.64. The lowest BCUT2D eigenvalue weighted by Crippen LogP contribution is -2.30. The molecule has 0 N–H and O–H groups in total. The summed E-state index contributed by atoms with van der Waals surface area (Å²) in [5, 5.41) is 0. The van der Waals surface area contributed by atoms with Gasteiger partial charge in [0.05, 0.1) is 0 Å². The molecule has 0 nitrogen and oxygen atoms in total. The summed E-state index contributed by atoms with van der Waals surface area (Å²) in [4.78, 5) is 3.19. The van der Waals surface area contributed by atoms with Gasteiger partial charge in [-0.2, -0.15) is 0 Å². The molecule has 1 heterocycles. The fourth-order valence-corrected chi connectivity index (χ4v) is 4.67. The van der Waals surface area contributed by atoms with Crippen molar-refractivity contribution >= 4 is 11.3 Å². The van der Waals surface area contributed by atoms with E-state index in [0.717, 1.165) is 0 Å². The Morgan fingerprint density at radius 3 is 2.26 bits per heavy atom. The van der Waals surface area contributed by atoms with E-state index < -0.39 is 0 Å². The van der Waals surface area contributed by atoms with Gasteiger partial charge in [0, 0.05) is 21.1 Å². The summed E-state index contributed by atoms with van der Waals surface area (Å²) in [5.41, 5.74) is 6.37. The summed E-state index contributed by atoms with van der Waals surface area (Å²) in [6.45, 7) is 11.5. The number of hydrogen-bond acceptors (Lipinski definition) is 1. The first-order chi connectivity index (χ1) is 8.90. The lowest BCUT2D eigenvalue weighted by molar-refractivity contribution is 0.468. The first-order valence-corrected chi connectivity index (χ1v) is 7.91. The number of thiophene rings is 1. The fourth-order valence-electron chi connectivity index (χ4n) is 3.16. The van der Waals surface area contributed by atoms with Crippen LogP contribution < -0.4 is 0 Å². The molecule has 19 heavy (non-hydrogen) atoms. The number of rotatable bonds is 2. The Morgan fingerprint density at radius 2 is 1.74 bits per heavy atom. The van der Waals surface area contributed by atoms with Crippen LogP contribution in [-0.2, 0) is 11.8 Å². The van der Waals surface area contributed by atoms with Crippen molar-refractivity contribution < 1.29 is 0 Å². The standard InChI is InChI=1S/C18H22S/c1-11-6-8-14(9-7-11)12(2)16-13(3)15-10-18(4,5)17(15)19-16/h6-9,12H,10H2,1-5H3. The van der Waals surface area contributed by atoms with Gasteiger partial charge in [-0.25, -0.2) is 0 Å². The Kier molecular flexibility index (Phi) is 2.86. The molecule has 1 atom stereocenters. The van der Waals surface area contributed by atoms with E-state index in [9.17, 15) is 0 Å². The monoisotopic (exact) mass is 270 g/mol. The lowest BCUT2D eigenvalue weighted by Gasteiger charge is -2.35. The zero-order chi connectivity index (χ0) is 13.8. The molecule has 1 aromatic carbocycles. The maximum atomic E-state index is 2.37. The lowest BCUT2D eigenvalue weighted by atomic mass is 9.71. The van der Waals surface area contributed by atoms with Crippen LogP contribution in [0.4, 0.5) is 0 Å². The topological polar surface area (TPSA) is 0 Å². The first-order valence-electron chi connectivity index (χ1n) is 7.09. The van der Waals surface area contributed by atoms with Gasteiger partial charge in [0.1, 0.15) is 0 Å². The number of fused-ring (bicyclic) bond motifs is 1. The summed E-state index contributed by atoms with van der Waals surface area (Å²) in [7, 11) is 0. The molecular formula is C18H22S. The molecule has 1 aromatic heterocycles. The van der Waals surface area contributed by atoms with Crippen molar-refractivity contribution in [3.63, 3.8) is 0 Å². The van der Waals surface area contributed by atoms with Crippen LogP contribution in [0, 0.1) is 13.8 Å². The molecule has 0 fully saturated rings. The van der Waals surface area contributed by atoms with Gasteiger partial charge in [0.15, 0.2) is 0 Å². The molecule has 1 aliphatic carbocycles. The van der Waals surface area contributed by atoms with Gasteiger partial charge in [-0.15, -0.1) is 11.3 Å². The van der Waals surface area contributed by atoms with E-state index in [1.807, 2.05) is 11.3 Å². The largest absolute Gasteiger partial charge is 0.144 e. The van der Waals surface area contributed by atoms with Gasteiger partial charge >= 0.3 is 0 Å². The predicted octanol–water partition coefficient (Wildman–Crippen LogP) is 5.35. The normalized spacial score (nSPS) is 17.7. The van der Waals surface area contributed by atoms with E-state index in [-0.39, 0.29) is 0 Å². The molecule has 100 valence electrons. The summed E-state index contributed by atoms with van der Waals surface area (Å²) < 4.78 is 0. The second kappa shape index (κ2) is 4.21. The average molecular weight is 270 g/mol. The smallest absolute Gasteiger partial charge is 0.0158 e. The Labute approximate surface area is 120 Å². The highest BCUT2D eigenvalue weighted by Crippen LogP contribution is 2.50. The van der Waals surface area contributed by atoms with Gasteiger partial charge in [-0.05, 0) is 37.0 Å². The first kappa shape index (κ1) is 12.9. The van der Waals surface area contributed by atoms with Crippen LogP contribution in [0.3, 0.4) is 0 Å². The molecule has 1 unspecified atom stereocenters. The molecule has 0 bridgehead atoms. The summed E-state index contributed by atoms with van der Waals surface area (Å²) >= 11 is 2.04. The Hall–Kier alpha value is -1.08. The maximum absolute atomic E-state index is 2.37. The van der Waals surface area contributed by atoms with Crippen molar-refractivity contribution in [2.24, 2.45) is 0 Å². The molecule has 0 saturated carbocycles.